The second-order valence-electron chi connectivity index (χ2n) is 6.03. The summed E-state index contributed by atoms with van der Waals surface area (Å²) < 4.78 is 70.8. The molecule has 1 aliphatic heterocycles. The number of alkyl halides is 3. The molecule has 0 unspecified atom stereocenters. The summed E-state index contributed by atoms with van der Waals surface area (Å²) in [7, 11) is 1.61. The van der Waals surface area contributed by atoms with Gasteiger partial charge in [0.15, 0.2) is 5.60 Å². The minimum atomic E-state index is -4.37. The second kappa shape index (κ2) is 14.5. The van der Waals surface area contributed by atoms with Gasteiger partial charge in [0.1, 0.15) is 0 Å². The molecule has 1 aliphatic rings. The van der Waals surface area contributed by atoms with Crippen LogP contribution in [0.15, 0.2) is 0 Å². The average molecular weight is 403 g/mol. The van der Waals surface area contributed by atoms with Crippen LogP contribution in [0.4, 0.5) is 13.2 Å². The van der Waals surface area contributed by atoms with Crippen LogP contribution in [0.2, 0.25) is 0 Å². The van der Waals surface area contributed by atoms with Crippen molar-refractivity contribution >= 4 is 0 Å². The van der Waals surface area contributed by atoms with Gasteiger partial charge in [-0.25, -0.2) is 0 Å². The van der Waals surface area contributed by atoms with Crippen molar-refractivity contribution in [2.75, 3.05) is 86.3 Å². The molecule has 1 saturated heterocycles. The molecule has 27 heavy (non-hydrogen) atoms. The minimum absolute atomic E-state index is 0.0724. The number of ether oxygens (including phenoxy) is 6. The number of piperidine rings is 1. The number of rotatable bonds is 16. The topological polar surface area (TPSA) is 67.4 Å². The van der Waals surface area contributed by atoms with Gasteiger partial charge in [-0.15, -0.1) is 0 Å². The fourth-order valence-corrected chi connectivity index (χ4v) is 2.54. The van der Waals surface area contributed by atoms with Crippen molar-refractivity contribution in [1.29, 1.82) is 0 Å². The molecule has 0 amide bonds. The first-order chi connectivity index (χ1) is 13.0. The van der Waals surface area contributed by atoms with Gasteiger partial charge in [0.25, 0.3) is 0 Å². The van der Waals surface area contributed by atoms with Crippen molar-refractivity contribution in [3.05, 3.63) is 0 Å². The monoisotopic (exact) mass is 403 g/mol. The van der Waals surface area contributed by atoms with Gasteiger partial charge in [0.05, 0.1) is 66.1 Å². The fourth-order valence-electron chi connectivity index (χ4n) is 2.54. The molecule has 1 heterocycles. The van der Waals surface area contributed by atoms with Crippen molar-refractivity contribution in [3.63, 3.8) is 0 Å². The lowest BCUT2D eigenvalue weighted by Gasteiger charge is -2.38. The van der Waals surface area contributed by atoms with Crippen LogP contribution < -0.4 is 5.32 Å². The Balaban J connectivity index is 1.91. The summed E-state index contributed by atoms with van der Waals surface area (Å²) in [5.74, 6) is 0. The first-order valence-electron chi connectivity index (χ1n) is 9.23. The zero-order valence-electron chi connectivity index (χ0n) is 16.0. The van der Waals surface area contributed by atoms with Crippen molar-refractivity contribution < 1.29 is 41.6 Å². The van der Waals surface area contributed by atoms with Gasteiger partial charge in [-0.1, -0.05) is 0 Å². The molecule has 0 saturated carbocycles. The van der Waals surface area contributed by atoms with E-state index in [0.29, 0.717) is 65.9 Å². The smallest absolute Gasteiger partial charge is 0.382 e. The van der Waals surface area contributed by atoms with Crippen LogP contribution in [0, 0.1) is 0 Å². The number of nitrogens with one attached hydrogen (secondary N) is 1. The van der Waals surface area contributed by atoms with E-state index in [9.17, 15) is 13.2 Å². The van der Waals surface area contributed by atoms with Crippen molar-refractivity contribution in [1.82, 2.24) is 5.32 Å². The summed E-state index contributed by atoms with van der Waals surface area (Å²) in [5.41, 5.74) is -2.05. The summed E-state index contributed by atoms with van der Waals surface area (Å²) in [4.78, 5) is 0. The highest BCUT2D eigenvalue weighted by Crippen LogP contribution is 2.40. The standard InChI is InChI=1S/C17H32F3NO6/c1-22-6-7-23-8-9-24-10-11-25-12-13-26-14-15-27-16(17(18,19)20)2-4-21-5-3-16/h21H,2-15H2,1H3. The van der Waals surface area contributed by atoms with Crippen LogP contribution in [-0.2, 0) is 28.4 Å². The van der Waals surface area contributed by atoms with E-state index in [-0.39, 0.29) is 26.1 Å². The van der Waals surface area contributed by atoms with E-state index < -0.39 is 11.8 Å². The molecule has 0 aromatic rings. The third kappa shape index (κ3) is 10.6. The highest BCUT2D eigenvalue weighted by Gasteiger charge is 2.56. The maximum absolute atomic E-state index is 13.2. The lowest BCUT2D eigenvalue weighted by molar-refractivity contribution is -0.287. The van der Waals surface area contributed by atoms with E-state index in [1.807, 2.05) is 0 Å². The normalized spacial score (nSPS) is 17.3. The maximum atomic E-state index is 13.2. The van der Waals surface area contributed by atoms with Crippen LogP contribution in [0.3, 0.4) is 0 Å². The molecule has 1 N–H and O–H groups in total. The van der Waals surface area contributed by atoms with E-state index in [1.165, 1.54) is 0 Å². The average Bonchev–Trinajstić information content (AvgIpc) is 2.65. The van der Waals surface area contributed by atoms with Crippen molar-refractivity contribution in [2.24, 2.45) is 0 Å². The summed E-state index contributed by atoms with van der Waals surface area (Å²) in [6.07, 6.45) is -4.51. The van der Waals surface area contributed by atoms with Gasteiger partial charge in [-0.3, -0.25) is 0 Å². The van der Waals surface area contributed by atoms with Crippen LogP contribution in [0.5, 0.6) is 0 Å². The predicted octanol–water partition coefficient (Wildman–Crippen LogP) is 1.40. The minimum Gasteiger partial charge on any atom is -0.382 e. The van der Waals surface area contributed by atoms with Gasteiger partial charge in [0, 0.05) is 7.11 Å². The molecular weight excluding hydrogens is 371 g/mol. The molecule has 162 valence electrons. The van der Waals surface area contributed by atoms with Gasteiger partial charge in [-0.05, 0) is 25.9 Å². The lowest BCUT2D eigenvalue weighted by Crippen LogP contribution is -2.54. The second-order valence-corrected chi connectivity index (χ2v) is 6.03. The van der Waals surface area contributed by atoms with Crippen molar-refractivity contribution in [3.8, 4) is 0 Å². The van der Waals surface area contributed by atoms with Gasteiger partial charge in [0.2, 0.25) is 0 Å². The molecular formula is C17H32F3NO6. The molecule has 1 fully saturated rings. The zero-order valence-corrected chi connectivity index (χ0v) is 16.0. The highest BCUT2D eigenvalue weighted by atomic mass is 19.4. The molecule has 0 spiro atoms. The Labute approximate surface area is 158 Å². The van der Waals surface area contributed by atoms with Crippen molar-refractivity contribution in [2.45, 2.75) is 24.6 Å². The van der Waals surface area contributed by atoms with E-state index in [0.717, 1.165) is 0 Å². The molecule has 1 rings (SSSR count). The Hall–Kier alpha value is -0.490. The summed E-state index contributed by atoms with van der Waals surface area (Å²) in [5, 5.41) is 2.92. The number of methoxy groups -OCH3 is 1. The lowest BCUT2D eigenvalue weighted by atomic mass is 9.91. The van der Waals surface area contributed by atoms with Gasteiger partial charge >= 0.3 is 6.18 Å². The molecule has 10 heteroatoms. The van der Waals surface area contributed by atoms with E-state index >= 15 is 0 Å². The first-order valence-corrected chi connectivity index (χ1v) is 9.23. The summed E-state index contributed by atoms with van der Waals surface area (Å²) in [6, 6.07) is 0. The predicted molar refractivity (Wildman–Crippen MR) is 92.0 cm³/mol. The van der Waals surface area contributed by atoms with E-state index in [2.05, 4.69) is 5.32 Å². The Bertz CT molecular complexity index is 354. The van der Waals surface area contributed by atoms with Gasteiger partial charge < -0.3 is 33.7 Å². The van der Waals surface area contributed by atoms with E-state index in [4.69, 9.17) is 28.4 Å². The van der Waals surface area contributed by atoms with Crippen LogP contribution >= 0.6 is 0 Å². The third-order valence-electron chi connectivity index (χ3n) is 4.08. The maximum Gasteiger partial charge on any atom is 0.417 e. The van der Waals surface area contributed by atoms with Crippen LogP contribution in [0.1, 0.15) is 12.8 Å². The largest absolute Gasteiger partial charge is 0.417 e. The Morgan fingerprint density at radius 1 is 0.704 bits per heavy atom. The Morgan fingerprint density at radius 3 is 1.52 bits per heavy atom. The Kier molecular flexibility index (Phi) is 13.2. The fraction of sp³-hybridized carbons (Fsp3) is 1.00. The molecule has 0 radical (unpaired) electrons. The summed E-state index contributed by atoms with van der Waals surface area (Å²) >= 11 is 0. The molecule has 7 nitrogen and oxygen atoms in total. The molecule has 0 aliphatic carbocycles. The Morgan fingerprint density at radius 2 is 1.11 bits per heavy atom. The van der Waals surface area contributed by atoms with Crippen LogP contribution in [-0.4, -0.2) is 98.0 Å². The number of hydrogen-bond donors (Lipinski definition) is 1. The number of halogens is 3. The first kappa shape index (κ1) is 24.5. The SMILES string of the molecule is COCCOCCOCCOCCOCCOC1(C(F)(F)F)CCNCC1. The highest BCUT2D eigenvalue weighted by molar-refractivity contribution is 4.93. The molecule has 0 atom stereocenters. The van der Waals surface area contributed by atoms with Crippen LogP contribution in [0.25, 0.3) is 0 Å². The van der Waals surface area contributed by atoms with E-state index in [1.54, 1.807) is 7.11 Å². The molecule has 0 aromatic heterocycles. The number of hydrogen-bond acceptors (Lipinski definition) is 7. The quantitative estimate of drug-likeness (QED) is 0.391. The molecule has 0 aromatic carbocycles. The summed E-state index contributed by atoms with van der Waals surface area (Å²) in [6.45, 7) is 4.20. The molecule has 0 bridgehead atoms. The van der Waals surface area contributed by atoms with Gasteiger partial charge in [-0.2, -0.15) is 13.2 Å². The third-order valence-corrected chi connectivity index (χ3v) is 4.08. The zero-order chi connectivity index (χ0) is 19.8.